The van der Waals surface area contributed by atoms with Gasteiger partial charge in [-0.3, -0.25) is 4.79 Å². The SMILES string of the molecule is COc1ccc(NC(=O)CNCC2CCC(C)C2)cc1. The number of carbonyl (C=O) groups is 1. The maximum Gasteiger partial charge on any atom is 0.238 e. The highest BCUT2D eigenvalue weighted by atomic mass is 16.5. The van der Waals surface area contributed by atoms with Gasteiger partial charge in [-0.05, 0) is 55.5 Å². The van der Waals surface area contributed by atoms with Crippen LogP contribution in [0.25, 0.3) is 0 Å². The Kier molecular flexibility index (Phi) is 5.41. The molecule has 2 atom stereocenters. The Balaban J connectivity index is 1.67. The van der Waals surface area contributed by atoms with Crippen molar-refractivity contribution in [2.45, 2.75) is 26.2 Å². The molecule has 0 aliphatic heterocycles. The van der Waals surface area contributed by atoms with E-state index in [0.717, 1.165) is 29.8 Å². The fourth-order valence-corrected chi connectivity index (χ4v) is 2.78. The van der Waals surface area contributed by atoms with Gasteiger partial charge in [0.15, 0.2) is 0 Å². The Bertz CT molecular complexity index is 431. The zero-order chi connectivity index (χ0) is 14.4. The minimum absolute atomic E-state index is 0.00112. The number of ether oxygens (including phenoxy) is 1. The molecule has 2 N–H and O–H groups in total. The second kappa shape index (κ2) is 7.29. The molecule has 1 saturated carbocycles. The predicted octanol–water partition coefficient (Wildman–Crippen LogP) is 2.66. The van der Waals surface area contributed by atoms with Gasteiger partial charge in [0.2, 0.25) is 5.91 Å². The van der Waals surface area contributed by atoms with Gasteiger partial charge in [-0.25, -0.2) is 0 Å². The Labute approximate surface area is 120 Å². The maximum absolute atomic E-state index is 11.8. The summed E-state index contributed by atoms with van der Waals surface area (Å²) in [4.78, 5) is 11.8. The largest absolute Gasteiger partial charge is 0.497 e. The van der Waals surface area contributed by atoms with Gasteiger partial charge in [-0.2, -0.15) is 0 Å². The third-order valence-corrected chi connectivity index (χ3v) is 3.90. The number of rotatable bonds is 6. The average molecular weight is 276 g/mol. The average Bonchev–Trinajstić information content (AvgIpc) is 2.85. The highest BCUT2D eigenvalue weighted by Gasteiger charge is 2.20. The first kappa shape index (κ1) is 14.9. The second-order valence-corrected chi connectivity index (χ2v) is 5.69. The van der Waals surface area contributed by atoms with Gasteiger partial charge in [0.25, 0.3) is 0 Å². The van der Waals surface area contributed by atoms with Crippen LogP contribution < -0.4 is 15.4 Å². The molecule has 0 spiro atoms. The minimum atomic E-state index is 0.00112. The summed E-state index contributed by atoms with van der Waals surface area (Å²) in [6.45, 7) is 3.62. The van der Waals surface area contributed by atoms with E-state index < -0.39 is 0 Å². The Morgan fingerprint density at radius 3 is 2.65 bits per heavy atom. The van der Waals surface area contributed by atoms with Crippen molar-refractivity contribution in [1.82, 2.24) is 5.32 Å². The van der Waals surface area contributed by atoms with Gasteiger partial charge < -0.3 is 15.4 Å². The topological polar surface area (TPSA) is 50.4 Å². The zero-order valence-electron chi connectivity index (χ0n) is 12.3. The number of nitrogens with one attached hydrogen (secondary N) is 2. The standard InChI is InChI=1S/C16H24N2O2/c1-12-3-4-13(9-12)10-17-11-16(19)18-14-5-7-15(20-2)8-6-14/h5-8,12-13,17H,3-4,9-11H2,1-2H3,(H,18,19). The van der Waals surface area contributed by atoms with Crippen molar-refractivity contribution in [3.8, 4) is 5.75 Å². The normalized spacial score (nSPS) is 21.7. The van der Waals surface area contributed by atoms with Crippen molar-refractivity contribution in [3.05, 3.63) is 24.3 Å². The van der Waals surface area contributed by atoms with E-state index in [2.05, 4.69) is 17.6 Å². The highest BCUT2D eigenvalue weighted by molar-refractivity contribution is 5.92. The molecule has 2 unspecified atom stereocenters. The van der Waals surface area contributed by atoms with Crippen LogP contribution in [0.15, 0.2) is 24.3 Å². The third kappa shape index (κ3) is 4.53. The quantitative estimate of drug-likeness (QED) is 0.840. The molecule has 1 aliphatic rings. The molecular formula is C16H24N2O2. The number of hydrogen-bond donors (Lipinski definition) is 2. The fraction of sp³-hybridized carbons (Fsp3) is 0.562. The van der Waals surface area contributed by atoms with E-state index in [4.69, 9.17) is 4.74 Å². The minimum Gasteiger partial charge on any atom is -0.497 e. The molecule has 1 aromatic carbocycles. The number of anilines is 1. The van der Waals surface area contributed by atoms with Crippen LogP contribution in [0.2, 0.25) is 0 Å². The summed E-state index contributed by atoms with van der Waals surface area (Å²) in [5.41, 5.74) is 0.798. The lowest BCUT2D eigenvalue weighted by molar-refractivity contribution is -0.115. The Morgan fingerprint density at radius 1 is 1.30 bits per heavy atom. The molecule has 4 nitrogen and oxygen atoms in total. The first-order chi connectivity index (χ1) is 9.67. The third-order valence-electron chi connectivity index (χ3n) is 3.90. The van der Waals surface area contributed by atoms with Gasteiger partial charge >= 0.3 is 0 Å². The summed E-state index contributed by atoms with van der Waals surface area (Å²) in [5, 5.41) is 6.12. The lowest BCUT2D eigenvalue weighted by atomic mass is 10.1. The van der Waals surface area contributed by atoms with E-state index in [0.29, 0.717) is 6.54 Å². The van der Waals surface area contributed by atoms with Gasteiger partial charge in [0.1, 0.15) is 5.75 Å². The van der Waals surface area contributed by atoms with Crippen LogP contribution in [0.3, 0.4) is 0 Å². The molecular weight excluding hydrogens is 252 g/mol. The number of methoxy groups -OCH3 is 1. The van der Waals surface area contributed by atoms with Crippen LogP contribution in [0.1, 0.15) is 26.2 Å². The molecule has 2 rings (SSSR count). The summed E-state index contributed by atoms with van der Waals surface area (Å²) in [6.07, 6.45) is 3.89. The summed E-state index contributed by atoms with van der Waals surface area (Å²) < 4.78 is 5.08. The van der Waals surface area contributed by atoms with E-state index in [-0.39, 0.29) is 5.91 Å². The van der Waals surface area contributed by atoms with Crippen LogP contribution in [-0.4, -0.2) is 26.1 Å². The van der Waals surface area contributed by atoms with E-state index in [9.17, 15) is 4.79 Å². The lowest BCUT2D eigenvalue weighted by Crippen LogP contribution is -2.31. The lowest BCUT2D eigenvalue weighted by Gasteiger charge is -2.11. The second-order valence-electron chi connectivity index (χ2n) is 5.69. The highest BCUT2D eigenvalue weighted by Crippen LogP contribution is 2.29. The molecule has 110 valence electrons. The molecule has 1 aliphatic carbocycles. The number of benzene rings is 1. The predicted molar refractivity (Wildman–Crippen MR) is 81.0 cm³/mol. The molecule has 0 radical (unpaired) electrons. The smallest absolute Gasteiger partial charge is 0.238 e. The first-order valence-corrected chi connectivity index (χ1v) is 7.32. The zero-order valence-corrected chi connectivity index (χ0v) is 12.3. The molecule has 0 bridgehead atoms. The summed E-state index contributed by atoms with van der Waals surface area (Å²) in [7, 11) is 1.63. The molecule has 20 heavy (non-hydrogen) atoms. The number of hydrogen-bond acceptors (Lipinski definition) is 3. The van der Waals surface area contributed by atoms with Gasteiger partial charge in [-0.15, -0.1) is 0 Å². The van der Waals surface area contributed by atoms with Crippen molar-refractivity contribution in [2.75, 3.05) is 25.5 Å². The van der Waals surface area contributed by atoms with Crippen molar-refractivity contribution in [2.24, 2.45) is 11.8 Å². The molecule has 0 aromatic heterocycles. The number of carbonyl (C=O) groups excluding carboxylic acids is 1. The van der Waals surface area contributed by atoms with E-state index in [1.54, 1.807) is 7.11 Å². The summed E-state index contributed by atoms with van der Waals surface area (Å²) in [5.74, 6) is 2.37. The Morgan fingerprint density at radius 2 is 2.05 bits per heavy atom. The van der Waals surface area contributed by atoms with Gasteiger partial charge in [0, 0.05) is 5.69 Å². The van der Waals surface area contributed by atoms with Crippen molar-refractivity contribution in [3.63, 3.8) is 0 Å². The van der Waals surface area contributed by atoms with Crippen LogP contribution >= 0.6 is 0 Å². The van der Waals surface area contributed by atoms with E-state index >= 15 is 0 Å². The van der Waals surface area contributed by atoms with Crippen molar-refractivity contribution < 1.29 is 9.53 Å². The molecule has 1 fully saturated rings. The van der Waals surface area contributed by atoms with Crippen LogP contribution in [0.4, 0.5) is 5.69 Å². The first-order valence-electron chi connectivity index (χ1n) is 7.32. The molecule has 4 heteroatoms. The van der Waals surface area contributed by atoms with E-state index in [1.807, 2.05) is 24.3 Å². The van der Waals surface area contributed by atoms with Crippen LogP contribution in [0.5, 0.6) is 5.75 Å². The summed E-state index contributed by atoms with van der Waals surface area (Å²) >= 11 is 0. The monoisotopic (exact) mass is 276 g/mol. The molecule has 1 aromatic rings. The maximum atomic E-state index is 11.8. The van der Waals surface area contributed by atoms with Crippen molar-refractivity contribution in [1.29, 1.82) is 0 Å². The number of amides is 1. The van der Waals surface area contributed by atoms with Crippen LogP contribution in [-0.2, 0) is 4.79 Å². The van der Waals surface area contributed by atoms with Crippen molar-refractivity contribution >= 4 is 11.6 Å². The molecule has 0 heterocycles. The fourth-order valence-electron chi connectivity index (χ4n) is 2.78. The molecule has 0 saturated heterocycles. The Hall–Kier alpha value is -1.55. The van der Waals surface area contributed by atoms with Crippen LogP contribution in [0, 0.1) is 11.8 Å². The van der Waals surface area contributed by atoms with Gasteiger partial charge in [0.05, 0.1) is 13.7 Å². The molecule has 1 amide bonds. The van der Waals surface area contributed by atoms with Gasteiger partial charge in [-0.1, -0.05) is 13.3 Å². The summed E-state index contributed by atoms with van der Waals surface area (Å²) in [6, 6.07) is 7.36. The van der Waals surface area contributed by atoms with E-state index in [1.165, 1.54) is 19.3 Å².